The van der Waals surface area contributed by atoms with Crippen LogP contribution in [0.1, 0.15) is 16.7 Å². The molecule has 4 nitrogen and oxygen atoms in total. The van der Waals surface area contributed by atoms with Gasteiger partial charge in [-0.1, -0.05) is 66.7 Å². The standard InChI is InChI=1S/C34H28N3O/c1-21-11-9-12-22(2)32(21)33-35-27-19-23(3)26(20-31(27)38-33)34-36(4)29-16-7-8-17-30(29)37(34)28-18-10-14-24-13-5-6-15-25(24)28/h5-20H,1-4H3/q+1. The van der Waals surface area contributed by atoms with E-state index in [0.717, 1.165) is 55.9 Å². The van der Waals surface area contributed by atoms with Crippen LogP contribution in [-0.4, -0.2) is 9.55 Å². The Balaban J connectivity index is 1.53. The van der Waals surface area contributed by atoms with Gasteiger partial charge in [0.1, 0.15) is 11.2 Å². The molecular weight excluding hydrogens is 466 g/mol. The fraction of sp³-hybridized carbons (Fsp3) is 0.118. The fourth-order valence-electron chi connectivity index (χ4n) is 5.84. The molecule has 0 aliphatic rings. The number of hydrogen-bond acceptors (Lipinski definition) is 2. The molecule has 5 aromatic carbocycles. The lowest BCUT2D eigenvalue weighted by atomic mass is 10.0. The van der Waals surface area contributed by atoms with Crippen molar-refractivity contribution >= 4 is 32.9 Å². The number of aryl methyl sites for hydroxylation is 4. The summed E-state index contributed by atoms with van der Waals surface area (Å²) in [5.41, 5.74) is 10.8. The molecule has 0 fully saturated rings. The Labute approximate surface area is 221 Å². The maximum atomic E-state index is 6.43. The van der Waals surface area contributed by atoms with Crippen LogP contribution in [0.2, 0.25) is 0 Å². The Hall–Kier alpha value is -4.70. The topological polar surface area (TPSA) is 34.8 Å². The lowest BCUT2D eigenvalue weighted by Gasteiger charge is -2.09. The minimum Gasteiger partial charge on any atom is -0.436 e. The van der Waals surface area contributed by atoms with Crippen LogP contribution < -0.4 is 4.57 Å². The van der Waals surface area contributed by atoms with E-state index < -0.39 is 0 Å². The number of imidazole rings is 1. The van der Waals surface area contributed by atoms with Crippen molar-refractivity contribution < 1.29 is 8.98 Å². The van der Waals surface area contributed by atoms with E-state index in [1.807, 2.05) is 0 Å². The molecule has 7 rings (SSSR count). The number of para-hydroxylation sites is 2. The molecule has 2 aromatic heterocycles. The SMILES string of the molecule is Cc1cc2nc(-c3c(C)cccc3C)oc2cc1-c1n(-c2cccc3ccccc23)c2ccccc2[n+]1C. The van der Waals surface area contributed by atoms with Crippen LogP contribution in [0.25, 0.3) is 61.4 Å². The molecule has 0 amide bonds. The molecule has 0 saturated carbocycles. The summed E-state index contributed by atoms with van der Waals surface area (Å²) in [4.78, 5) is 4.91. The predicted octanol–water partition coefficient (Wildman–Crippen LogP) is 8.01. The first-order valence-corrected chi connectivity index (χ1v) is 13.0. The van der Waals surface area contributed by atoms with E-state index in [4.69, 9.17) is 9.40 Å². The molecule has 2 heterocycles. The van der Waals surface area contributed by atoms with Crippen molar-refractivity contribution in [3.8, 4) is 28.5 Å². The molecule has 0 spiro atoms. The van der Waals surface area contributed by atoms with Crippen LogP contribution in [-0.2, 0) is 7.05 Å². The molecule has 0 unspecified atom stereocenters. The maximum absolute atomic E-state index is 6.43. The van der Waals surface area contributed by atoms with Crippen LogP contribution in [0.3, 0.4) is 0 Å². The Morgan fingerprint density at radius 3 is 2.29 bits per heavy atom. The van der Waals surface area contributed by atoms with Crippen molar-refractivity contribution in [3.05, 3.63) is 114 Å². The van der Waals surface area contributed by atoms with Gasteiger partial charge in [0.15, 0.2) is 16.6 Å². The summed E-state index contributed by atoms with van der Waals surface area (Å²) in [5.74, 6) is 1.78. The van der Waals surface area contributed by atoms with Crippen LogP contribution >= 0.6 is 0 Å². The highest BCUT2D eigenvalue weighted by atomic mass is 16.3. The molecule has 38 heavy (non-hydrogen) atoms. The Morgan fingerprint density at radius 1 is 0.737 bits per heavy atom. The quantitative estimate of drug-likeness (QED) is 0.233. The van der Waals surface area contributed by atoms with Gasteiger partial charge in [0.25, 0.3) is 5.82 Å². The highest BCUT2D eigenvalue weighted by molar-refractivity contribution is 5.94. The highest BCUT2D eigenvalue weighted by Gasteiger charge is 2.29. The molecule has 7 aromatic rings. The Kier molecular flexibility index (Phi) is 4.98. The summed E-state index contributed by atoms with van der Waals surface area (Å²) in [6.07, 6.45) is 0. The first-order chi connectivity index (χ1) is 18.5. The molecule has 0 N–H and O–H groups in total. The predicted molar refractivity (Wildman–Crippen MR) is 155 cm³/mol. The van der Waals surface area contributed by atoms with Crippen LogP contribution in [0.4, 0.5) is 0 Å². The van der Waals surface area contributed by atoms with Gasteiger partial charge >= 0.3 is 0 Å². The zero-order chi connectivity index (χ0) is 26.0. The second-order valence-corrected chi connectivity index (χ2v) is 10.1. The number of aromatic nitrogens is 3. The van der Waals surface area contributed by atoms with Gasteiger partial charge in [0.2, 0.25) is 5.89 Å². The Morgan fingerprint density at radius 2 is 1.45 bits per heavy atom. The van der Waals surface area contributed by atoms with Gasteiger partial charge in [0, 0.05) is 10.9 Å². The van der Waals surface area contributed by atoms with Crippen molar-refractivity contribution in [1.29, 1.82) is 0 Å². The zero-order valence-corrected chi connectivity index (χ0v) is 22.0. The van der Waals surface area contributed by atoms with Gasteiger partial charge in [-0.05, 0) is 73.2 Å². The van der Waals surface area contributed by atoms with E-state index in [1.165, 1.54) is 16.3 Å². The van der Waals surface area contributed by atoms with Crippen LogP contribution in [0.5, 0.6) is 0 Å². The van der Waals surface area contributed by atoms with E-state index in [9.17, 15) is 0 Å². The molecular formula is C34H28N3O+. The summed E-state index contributed by atoms with van der Waals surface area (Å²) in [7, 11) is 2.14. The lowest BCUT2D eigenvalue weighted by molar-refractivity contribution is -0.633. The van der Waals surface area contributed by atoms with E-state index >= 15 is 0 Å². The van der Waals surface area contributed by atoms with E-state index in [-0.39, 0.29) is 0 Å². The molecule has 4 heteroatoms. The molecule has 0 atom stereocenters. The normalized spacial score (nSPS) is 11.7. The smallest absolute Gasteiger partial charge is 0.295 e. The first kappa shape index (κ1) is 22.5. The number of oxazole rings is 1. The second kappa shape index (κ2) is 8.42. The molecule has 0 radical (unpaired) electrons. The monoisotopic (exact) mass is 494 g/mol. The van der Waals surface area contributed by atoms with E-state index in [1.54, 1.807) is 0 Å². The third-order valence-electron chi connectivity index (χ3n) is 7.69. The van der Waals surface area contributed by atoms with E-state index in [0.29, 0.717) is 5.89 Å². The van der Waals surface area contributed by atoms with Gasteiger partial charge in [-0.15, -0.1) is 0 Å². The van der Waals surface area contributed by atoms with Gasteiger partial charge in [0.05, 0.1) is 12.6 Å². The van der Waals surface area contributed by atoms with Crippen molar-refractivity contribution in [2.24, 2.45) is 7.05 Å². The lowest BCUT2D eigenvalue weighted by Crippen LogP contribution is -2.30. The van der Waals surface area contributed by atoms with Gasteiger partial charge in [-0.3, -0.25) is 0 Å². The summed E-state index contributed by atoms with van der Waals surface area (Å²) in [6.45, 7) is 6.38. The van der Waals surface area contributed by atoms with Crippen molar-refractivity contribution in [1.82, 2.24) is 9.55 Å². The van der Waals surface area contributed by atoms with E-state index in [2.05, 4.69) is 134 Å². The van der Waals surface area contributed by atoms with Crippen molar-refractivity contribution in [2.45, 2.75) is 20.8 Å². The fourth-order valence-corrected chi connectivity index (χ4v) is 5.84. The number of nitrogens with zero attached hydrogens (tertiary/aromatic N) is 3. The largest absolute Gasteiger partial charge is 0.436 e. The van der Waals surface area contributed by atoms with Crippen molar-refractivity contribution in [2.75, 3.05) is 0 Å². The van der Waals surface area contributed by atoms with Crippen LogP contribution in [0, 0.1) is 20.8 Å². The molecule has 184 valence electrons. The van der Waals surface area contributed by atoms with Gasteiger partial charge in [-0.2, -0.15) is 4.57 Å². The summed E-state index contributed by atoms with van der Waals surface area (Å²) >= 11 is 0. The third kappa shape index (κ3) is 3.30. The molecule has 0 saturated heterocycles. The van der Waals surface area contributed by atoms with Crippen molar-refractivity contribution in [3.63, 3.8) is 0 Å². The average molecular weight is 495 g/mol. The number of rotatable bonds is 3. The number of fused-ring (bicyclic) bond motifs is 3. The summed E-state index contributed by atoms with van der Waals surface area (Å²) in [6, 6.07) is 34.3. The number of benzene rings is 5. The Bertz CT molecular complexity index is 2000. The van der Waals surface area contributed by atoms with Crippen LogP contribution in [0.15, 0.2) is 101 Å². The van der Waals surface area contributed by atoms with Gasteiger partial charge in [-0.25, -0.2) is 9.55 Å². The average Bonchev–Trinajstić information content (AvgIpc) is 3.45. The minimum atomic E-state index is 0.672. The molecule has 0 aliphatic carbocycles. The maximum Gasteiger partial charge on any atom is 0.295 e. The highest BCUT2D eigenvalue weighted by Crippen LogP contribution is 2.36. The second-order valence-electron chi connectivity index (χ2n) is 10.1. The number of hydrogen-bond donors (Lipinski definition) is 0. The van der Waals surface area contributed by atoms with Gasteiger partial charge < -0.3 is 4.42 Å². The summed E-state index contributed by atoms with van der Waals surface area (Å²) < 4.78 is 11.1. The summed E-state index contributed by atoms with van der Waals surface area (Å²) in [5, 5.41) is 2.44. The zero-order valence-electron chi connectivity index (χ0n) is 22.0. The third-order valence-corrected chi connectivity index (χ3v) is 7.69. The minimum absolute atomic E-state index is 0.672. The first-order valence-electron chi connectivity index (χ1n) is 13.0. The molecule has 0 aliphatic heterocycles. The molecule has 0 bridgehead atoms.